The van der Waals surface area contributed by atoms with Crippen LogP contribution in [0.2, 0.25) is 0 Å². The lowest BCUT2D eigenvalue weighted by Crippen LogP contribution is -2.45. The van der Waals surface area contributed by atoms with Gasteiger partial charge in [0, 0.05) is 23.5 Å². The van der Waals surface area contributed by atoms with Crippen molar-refractivity contribution >= 4 is 12.1 Å². The van der Waals surface area contributed by atoms with Gasteiger partial charge in [0.15, 0.2) is 11.5 Å². The summed E-state index contributed by atoms with van der Waals surface area (Å²) in [6.45, 7) is 5.12. The lowest BCUT2D eigenvalue weighted by molar-refractivity contribution is -0.142. The Bertz CT molecular complexity index is 1560. The van der Waals surface area contributed by atoms with Crippen LogP contribution in [0.4, 0.5) is 4.79 Å². The molecular formula is C33H34N2O8. The van der Waals surface area contributed by atoms with E-state index in [0.717, 1.165) is 34.0 Å². The molecule has 5 rings (SSSR count). The van der Waals surface area contributed by atoms with Gasteiger partial charge in [-0.3, -0.25) is 4.90 Å². The van der Waals surface area contributed by atoms with Gasteiger partial charge in [0.05, 0.1) is 13.7 Å². The van der Waals surface area contributed by atoms with Gasteiger partial charge in [0.25, 0.3) is 0 Å². The molecule has 0 bridgehead atoms. The number of hydrogen-bond donors (Lipinski definition) is 1. The molecule has 1 atom stereocenters. The molecule has 0 saturated heterocycles. The molecule has 1 unspecified atom stereocenters. The number of ether oxygens (including phenoxy) is 5. The molecular weight excluding hydrogens is 552 g/mol. The summed E-state index contributed by atoms with van der Waals surface area (Å²) in [4.78, 5) is 26.3. The van der Waals surface area contributed by atoms with Crippen LogP contribution < -0.4 is 23.7 Å². The molecule has 43 heavy (non-hydrogen) atoms. The van der Waals surface area contributed by atoms with E-state index in [-0.39, 0.29) is 19.8 Å². The van der Waals surface area contributed by atoms with Gasteiger partial charge in [-0.05, 0) is 85.6 Å². The number of methoxy groups -OCH3 is 1. The Morgan fingerprint density at radius 3 is 2.33 bits per heavy atom. The number of hydrogen-bond acceptors (Lipinski definition) is 7. The number of nitrogens with zero attached hydrogens (tertiary/aromatic N) is 2. The minimum atomic E-state index is -1.10. The second kappa shape index (κ2) is 13.2. The van der Waals surface area contributed by atoms with Gasteiger partial charge in [0.1, 0.15) is 29.9 Å². The predicted octanol–water partition coefficient (Wildman–Crippen LogP) is 6.14. The predicted molar refractivity (Wildman–Crippen MR) is 159 cm³/mol. The fraction of sp³-hybridized carbons (Fsp3) is 0.273. The molecule has 0 spiro atoms. The third kappa shape index (κ3) is 6.86. The number of aromatic nitrogens is 1. The van der Waals surface area contributed by atoms with Crippen molar-refractivity contribution in [2.45, 2.75) is 39.4 Å². The lowest BCUT2D eigenvalue weighted by Gasteiger charge is -2.27. The first-order valence-electron chi connectivity index (χ1n) is 14.0. The number of aliphatic carboxylic acids is 1. The lowest BCUT2D eigenvalue weighted by atomic mass is 10.1. The van der Waals surface area contributed by atoms with Gasteiger partial charge in [-0.25, -0.2) is 9.59 Å². The summed E-state index contributed by atoms with van der Waals surface area (Å²) < 4.78 is 29.8. The van der Waals surface area contributed by atoms with E-state index in [9.17, 15) is 14.7 Å². The summed E-state index contributed by atoms with van der Waals surface area (Å²) in [5.74, 6) is 1.95. The van der Waals surface area contributed by atoms with Crippen LogP contribution in [0, 0.1) is 6.92 Å². The summed E-state index contributed by atoms with van der Waals surface area (Å²) >= 11 is 0. The quantitative estimate of drug-likeness (QED) is 0.211. The van der Waals surface area contributed by atoms with Crippen LogP contribution in [0.25, 0.3) is 11.3 Å². The Hall–Kier alpha value is -5.12. The van der Waals surface area contributed by atoms with Crippen LogP contribution in [0.3, 0.4) is 0 Å². The normalized spacial score (nSPS) is 12.4. The molecule has 10 nitrogen and oxygen atoms in total. The first-order valence-corrected chi connectivity index (χ1v) is 14.0. The number of fused-ring (bicyclic) bond motifs is 1. The number of aryl methyl sites for hydroxylation is 1. The van der Waals surface area contributed by atoms with Crippen molar-refractivity contribution in [1.82, 2.24) is 9.47 Å². The minimum absolute atomic E-state index is 0.0571. The van der Waals surface area contributed by atoms with Gasteiger partial charge >= 0.3 is 12.1 Å². The molecule has 0 saturated carbocycles. The monoisotopic (exact) mass is 586 g/mol. The van der Waals surface area contributed by atoms with Crippen molar-refractivity contribution in [2.75, 3.05) is 20.5 Å². The third-order valence-electron chi connectivity index (χ3n) is 7.27. The fourth-order valence-electron chi connectivity index (χ4n) is 4.95. The Morgan fingerprint density at radius 2 is 1.63 bits per heavy atom. The van der Waals surface area contributed by atoms with E-state index in [2.05, 4.69) is 23.6 Å². The Labute approximate surface area is 249 Å². The van der Waals surface area contributed by atoms with Crippen LogP contribution in [-0.4, -0.2) is 53.2 Å². The Morgan fingerprint density at radius 1 is 0.930 bits per heavy atom. The van der Waals surface area contributed by atoms with Crippen molar-refractivity contribution in [1.29, 1.82) is 0 Å². The van der Waals surface area contributed by atoms with E-state index in [1.54, 1.807) is 38.3 Å². The van der Waals surface area contributed by atoms with Crippen LogP contribution in [-0.2, 0) is 17.9 Å². The number of carbonyl (C=O) groups excluding carboxylic acids is 1. The number of rotatable bonds is 12. The number of carboxylic acid groups (broad SMARTS) is 1. The maximum Gasteiger partial charge on any atom is 0.416 e. The molecule has 1 N–H and O–H groups in total. The van der Waals surface area contributed by atoms with Gasteiger partial charge in [-0.2, -0.15) is 0 Å². The molecule has 224 valence electrons. The SMILES string of the molecule is CCC(C(=O)O)N(Cc1ccc(OCCn2c(C)ccc2-c2ccc3c(c2)OCO3)cc1)C(=O)Oc1ccc(OC)cc1. The molecule has 1 aromatic heterocycles. The van der Waals surface area contributed by atoms with E-state index in [1.165, 1.54) is 4.90 Å². The highest BCUT2D eigenvalue weighted by Gasteiger charge is 2.30. The zero-order chi connectivity index (χ0) is 30.3. The highest BCUT2D eigenvalue weighted by atomic mass is 16.7. The van der Waals surface area contributed by atoms with E-state index in [0.29, 0.717) is 30.4 Å². The molecule has 1 aliphatic heterocycles. The number of carboxylic acids is 1. The molecule has 0 aliphatic carbocycles. The number of benzene rings is 3. The molecule has 0 fully saturated rings. The standard InChI is InChI=1S/C33H34N2O8/c1-4-28(32(36)37)35(33(38)43-27-13-11-25(39-3)12-14-27)20-23-6-9-26(10-7-23)40-18-17-34-22(2)5-15-29(34)24-8-16-30-31(19-24)42-21-41-30/h5-16,19,28H,4,17-18,20-21H2,1-3H3,(H,36,37). The maximum absolute atomic E-state index is 13.1. The summed E-state index contributed by atoms with van der Waals surface area (Å²) in [6.07, 6.45) is -0.526. The van der Waals surface area contributed by atoms with Crippen molar-refractivity contribution in [3.05, 3.63) is 90.1 Å². The van der Waals surface area contributed by atoms with Crippen LogP contribution in [0.1, 0.15) is 24.6 Å². The third-order valence-corrected chi connectivity index (χ3v) is 7.27. The zero-order valence-corrected chi connectivity index (χ0v) is 24.3. The molecule has 4 aromatic rings. The molecule has 0 radical (unpaired) electrons. The van der Waals surface area contributed by atoms with E-state index >= 15 is 0 Å². The van der Waals surface area contributed by atoms with Crippen LogP contribution in [0.15, 0.2) is 78.9 Å². The Kier molecular flexibility index (Phi) is 9.05. The average molecular weight is 587 g/mol. The van der Waals surface area contributed by atoms with Crippen molar-refractivity contribution in [2.24, 2.45) is 0 Å². The van der Waals surface area contributed by atoms with E-state index in [4.69, 9.17) is 23.7 Å². The molecule has 1 aliphatic rings. The summed E-state index contributed by atoms with van der Waals surface area (Å²) in [7, 11) is 1.54. The van der Waals surface area contributed by atoms with Gasteiger partial charge < -0.3 is 33.4 Å². The van der Waals surface area contributed by atoms with E-state index in [1.807, 2.05) is 42.5 Å². The second-order valence-corrected chi connectivity index (χ2v) is 10.0. The average Bonchev–Trinajstić information content (AvgIpc) is 3.64. The maximum atomic E-state index is 13.1. The highest BCUT2D eigenvalue weighted by molar-refractivity contribution is 5.81. The van der Waals surface area contributed by atoms with Crippen molar-refractivity contribution < 1.29 is 38.4 Å². The highest BCUT2D eigenvalue weighted by Crippen LogP contribution is 2.36. The zero-order valence-electron chi connectivity index (χ0n) is 24.3. The molecule has 1 amide bonds. The van der Waals surface area contributed by atoms with Crippen molar-refractivity contribution in [3.8, 4) is 40.0 Å². The van der Waals surface area contributed by atoms with Gasteiger partial charge in [0.2, 0.25) is 6.79 Å². The summed E-state index contributed by atoms with van der Waals surface area (Å²) in [6, 6.07) is 22.8. The van der Waals surface area contributed by atoms with E-state index < -0.39 is 18.1 Å². The van der Waals surface area contributed by atoms with Crippen LogP contribution >= 0.6 is 0 Å². The number of amides is 1. The number of carbonyl (C=O) groups is 2. The molecule has 10 heteroatoms. The smallest absolute Gasteiger partial charge is 0.416 e. The van der Waals surface area contributed by atoms with Gasteiger partial charge in [-0.1, -0.05) is 19.1 Å². The van der Waals surface area contributed by atoms with Gasteiger partial charge in [-0.15, -0.1) is 0 Å². The first-order chi connectivity index (χ1) is 20.9. The molecule has 2 heterocycles. The summed E-state index contributed by atoms with van der Waals surface area (Å²) in [5, 5.41) is 9.78. The fourth-order valence-corrected chi connectivity index (χ4v) is 4.95. The first kappa shape index (κ1) is 29.4. The Balaban J connectivity index is 1.22. The largest absolute Gasteiger partial charge is 0.497 e. The van der Waals surface area contributed by atoms with Crippen LogP contribution in [0.5, 0.6) is 28.7 Å². The summed E-state index contributed by atoms with van der Waals surface area (Å²) in [5.41, 5.74) is 3.94. The van der Waals surface area contributed by atoms with Crippen molar-refractivity contribution in [3.63, 3.8) is 0 Å². The topological polar surface area (TPSA) is 109 Å². The molecule has 3 aromatic carbocycles. The second-order valence-electron chi connectivity index (χ2n) is 10.0. The minimum Gasteiger partial charge on any atom is -0.497 e.